The molecule has 5 heteroatoms. The Balaban J connectivity index is 1.93. The van der Waals surface area contributed by atoms with Gasteiger partial charge in [0, 0.05) is 13.5 Å². The van der Waals surface area contributed by atoms with Gasteiger partial charge in [0.15, 0.2) is 5.78 Å². The summed E-state index contributed by atoms with van der Waals surface area (Å²) in [5, 5.41) is 2.86. The Morgan fingerprint density at radius 2 is 1.85 bits per heavy atom. The standard InChI is InChI=1S/C15H24N2O3/c1-10(18)13(9-12-5-3-6-12)16-15(20)14-7-4-8-17(14)11(2)19/h12-14H,3-9H2,1-2H3,(H,16,20). The van der Waals surface area contributed by atoms with Crippen molar-refractivity contribution in [3.05, 3.63) is 0 Å². The van der Waals surface area contributed by atoms with Gasteiger partial charge in [0.05, 0.1) is 6.04 Å². The third kappa shape index (κ3) is 3.38. The molecule has 1 heterocycles. The molecular weight excluding hydrogens is 256 g/mol. The van der Waals surface area contributed by atoms with Crippen molar-refractivity contribution in [3.8, 4) is 0 Å². The molecule has 0 radical (unpaired) electrons. The number of hydrogen-bond acceptors (Lipinski definition) is 3. The molecule has 112 valence electrons. The second kappa shape index (κ2) is 6.37. The summed E-state index contributed by atoms with van der Waals surface area (Å²) in [7, 11) is 0. The Labute approximate surface area is 120 Å². The van der Waals surface area contributed by atoms with Gasteiger partial charge in [-0.05, 0) is 32.1 Å². The van der Waals surface area contributed by atoms with E-state index in [1.807, 2.05) is 0 Å². The maximum atomic E-state index is 12.3. The first kappa shape index (κ1) is 15.0. The third-order valence-corrected chi connectivity index (χ3v) is 4.56. The van der Waals surface area contributed by atoms with Crippen LogP contribution in [0.15, 0.2) is 0 Å². The predicted molar refractivity (Wildman–Crippen MR) is 75.0 cm³/mol. The van der Waals surface area contributed by atoms with Crippen molar-refractivity contribution >= 4 is 17.6 Å². The summed E-state index contributed by atoms with van der Waals surface area (Å²) in [5.74, 6) is 0.340. The fourth-order valence-corrected chi connectivity index (χ4v) is 3.07. The average molecular weight is 280 g/mol. The van der Waals surface area contributed by atoms with Crippen molar-refractivity contribution in [3.63, 3.8) is 0 Å². The van der Waals surface area contributed by atoms with E-state index in [0.29, 0.717) is 18.9 Å². The number of nitrogens with one attached hydrogen (secondary N) is 1. The smallest absolute Gasteiger partial charge is 0.243 e. The number of rotatable bonds is 5. The number of Topliss-reactive ketones (excluding diaryl/α,β-unsaturated/α-hetero) is 1. The largest absolute Gasteiger partial charge is 0.345 e. The average Bonchev–Trinajstić information content (AvgIpc) is 2.80. The number of carbonyl (C=O) groups is 3. The molecule has 2 rings (SSSR count). The van der Waals surface area contributed by atoms with E-state index in [1.54, 1.807) is 4.90 Å². The van der Waals surface area contributed by atoms with E-state index in [1.165, 1.54) is 20.3 Å². The van der Waals surface area contributed by atoms with E-state index in [9.17, 15) is 14.4 Å². The fourth-order valence-electron chi connectivity index (χ4n) is 3.07. The monoisotopic (exact) mass is 280 g/mol. The van der Waals surface area contributed by atoms with Crippen LogP contribution in [0.1, 0.15) is 52.4 Å². The van der Waals surface area contributed by atoms with Crippen LogP contribution in [-0.2, 0) is 14.4 Å². The van der Waals surface area contributed by atoms with E-state index >= 15 is 0 Å². The van der Waals surface area contributed by atoms with Gasteiger partial charge in [-0.25, -0.2) is 0 Å². The lowest BCUT2D eigenvalue weighted by atomic mass is 9.80. The molecule has 20 heavy (non-hydrogen) atoms. The van der Waals surface area contributed by atoms with Crippen LogP contribution in [0.25, 0.3) is 0 Å². The zero-order valence-corrected chi connectivity index (χ0v) is 12.4. The Bertz CT molecular complexity index is 404. The molecule has 2 atom stereocenters. The highest BCUT2D eigenvalue weighted by molar-refractivity contribution is 5.92. The molecule has 1 aliphatic heterocycles. The van der Waals surface area contributed by atoms with Crippen LogP contribution in [0, 0.1) is 5.92 Å². The minimum Gasteiger partial charge on any atom is -0.345 e. The molecule has 1 saturated carbocycles. The quantitative estimate of drug-likeness (QED) is 0.824. The van der Waals surface area contributed by atoms with Gasteiger partial charge in [-0.1, -0.05) is 19.3 Å². The van der Waals surface area contributed by atoms with Gasteiger partial charge in [0.1, 0.15) is 6.04 Å². The van der Waals surface area contributed by atoms with Gasteiger partial charge in [0.2, 0.25) is 11.8 Å². The molecule has 1 N–H and O–H groups in total. The molecule has 1 aliphatic carbocycles. The van der Waals surface area contributed by atoms with Crippen molar-refractivity contribution in [1.29, 1.82) is 0 Å². The molecule has 0 bridgehead atoms. The highest BCUT2D eigenvalue weighted by atomic mass is 16.2. The van der Waals surface area contributed by atoms with Gasteiger partial charge < -0.3 is 10.2 Å². The maximum absolute atomic E-state index is 12.3. The lowest BCUT2D eigenvalue weighted by Crippen LogP contribution is -2.50. The first-order chi connectivity index (χ1) is 9.49. The molecular formula is C15H24N2O3. The molecule has 2 aliphatic rings. The van der Waals surface area contributed by atoms with Gasteiger partial charge in [-0.3, -0.25) is 14.4 Å². The zero-order valence-electron chi connectivity index (χ0n) is 12.4. The van der Waals surface area contributed by atoms with Crippen LogP contribution >= 0.6 is 0 Å². The predicted octanol–water partition coefficient (Wildman–Crippen LogP) is 1.26. The highest BCUT2D eigenvalue weighted by Crippen LogP contribution is 2.30. The zero-order chi connectivity index (χ0) is 14.7. The van der Waals surface area contributed by atoms with Gasteiger partial charge >= 0.3 is 0 Å². The Morgan fingerprint density at radius 1 is 1.15 bits per heavy atom. The number of ketones is 1. The van der Waals surface area contributed by atoms with E-state index in [0.717, 1.165) is 25.7 Å². The topological polar surface area (TPSA) is 66.5 Å². The van der Waals surface area contributed by atoms with Gasteiger partial charge in [-0.15, -0.1) is 0 Å². The first-order valence-electron chi connectivity index (χ1n) is 7.57. The minimum absolute atomic E-state index is 0.0117. The highest BCUT2D eigenvalue weighted by Gasteiger charge is 2.34. The van der Waals surface area contributed by atoms with Crippen LogP contribution in [0.4, 0.5) is 0 Å². The number of amides is 2. The SMILES string of the molecule is CC(=O)C(CC1CCC1)NC(=O)C1CCCN1C(C)=O. The second-order valence-electron chi connectivity index (χ2n) is 6.07. The van der Waals surface area contributed by atoms with Crippen LogP contribution < -0.4 is 5.32 Å². The molecule has 5 nitrogen and oxygen atoms in total. The third-order valence-electron chi connectivity index (χ3n) is 4.56. The van der Waals surface area contributed by atoms with Crippen LogP contribution in [0.2, 0.25) is 0 Å². The molecule has 2 amide bonds. The normalized spacial score (nSPS) is 24.1. The minimum atomic E-state index is -0.393. The fraction of sp³-hybridized carbons (Fsp3) is 0.800. The molecule has 0 aromatic carbocycles. The van der Waals surface area contributed by atoms with Crippen LogP contribution in [0.3, 0.4) is 0 Å². The molecule has 0 aromatic heterocycles. The number of hydrogen-bond donors (Lipinski definition) is 1. The van der Waals surface area contributed by atoms with Crippen molar-refractivity contribution in [2.24, 2.45) is 5.92 Å². The van der Waals surface area contributed by atoms with E-state index in [4.69, 9.17) is 0 Å². The number of carbonyl (C=O) groups excluding carboxylic acids is 3. The van der Waals surface area contributed by atoms with E-state index in [-0.39, 0.29) is 23.6 Å². The van der Waals surface area contributed by atoms with Crippen LogP contribution in [0.5, 0.6) is 0 Å². The van der Waals surface area contributed by atoms with Crippen molar-refractivity contribution in [1.82, 2.24) is 10.2 Å². The van der Waals surface area contributed by atoms with Crippen molar-refractivity contribution in [2.45, 2.75) is 64.5 Å². The molecule has 0 spiro atoms. The Kier molecular flexibility index (Phi) is 4.78. The Morgan fingerprint density at radius 3 is 2.35 bits per heavy atom. The second-order valence-corrected chi connectivity index (χ2v) is 6.07. The Hall–Kier alpha value is -1.39. The van der Waals surface area contributed by atoms with Gasteiger partial charge in [-0.2, -0.15) is 0 Å². The molecule has 2 unspecified atom stereocenters. The molecule has 2 fully saturated rings. The van der Waals surface area contributed by atoms with E-state index < -0.39 is 6.04 Å². The summed E-state index contributed by atoms with van der Waals surface area (Å²) >= 11 is 0. The van der Waals surface area contributed by atoms with Crippen LogP contribution in [-0.4, -0.2) is 41.1 Å². The summed E-state index contributed by atoms with van der Waals surface area (Å²) in [6, 6.07) is -0.780. The number of nitrogens with zero attached hydrogens (tertiary/aromatic N) is 1. The summed E-state index contributed by atoms with van der Waals surface area (Å²) in [6.07, 6.45) is 5.83. The van der Waals surface area contributed by atoms with E-state index in [2.05, 4.69) is 5.32 Å². The summed E-state index contributed by atoms with van der Waals surface area (Å²) in [4.78, 5) is 37.1. The molecule has 1 saturated heterocycles. The van der Waals surface area contributed by atoms with Gasteiger partial charge in [0.25, 0.3) is 0 Å². The summed E-state index contributed by atoms with van der Waals surface area (Å²) in [5.41, 5.74) is 0. The van der Waals surface area contributed by atoms with Crippen molar-refractivity contribution in [2.75, 3.05) is 6.54 Å². The number of likely N-dealkylation sites (tertiary alicyclic amines) is 1. The van der Waals surface area contributed by atoms with Crippen molar-refractivity contribution < 1.29 is 14.4 Å². The maximum Gasteiger partial charge on any atom is 0.243 e. The lowest BCUT2D eigenvalue weighted by molar-refractivity contribution is -0.138. The lowest BCUT2D eigenvalue weighted by Gasteiger charge is -2.30. The summed E-state index contributed by atoms with van der Waals surface area (Å²) in [6.45, 7) is 3.66. The first-order valence-corrected chi connectivity index (χ1v) is 7.57. The summed E-state index contributed by atoms with van der Waals surface area (Å²) < 4.78 is 0. The molecule has 0 aromatic rings.